The van der Waals surface area contributed by atoms with Gasteiger partial charge in [0.2, 0.25) is 0 Å². The normalized spacial score (nSPS) is 15.6. The standard InChI is InChI=1S/C20H26O/c1-14(2)18-12-16-11-10-15-8-6-4-5-7-9-17(15)19(16)13-20(18)21-3/h10-14H,4-9H2,1-3H3. The molecule has 0 N–H and O–H groups in total. The molecule has 0 aromatic heterocycles. The highest BCUT2D eigenvalue weighted by Gasteiger charge is 2.14. The van der Waals surface area contributed by atoms with E-state index in [4.69, 9.17) is 4.74 Å². The highest BCUT2D eigenvalue weighted by molar-refractivity contribution is 5.89. The van der Waals surface area contributed by atoms with Crippen molar-refractivity contribution in [3.05, 3.63) is 41.0 Å². The molecule has 0 saturated carbocycles. The lowest BCUT2D eigenvalue weighted by Crippen LogP contribution is -2.02. The molecule has 2 aromatic rings. The van der Waals surface area contributed by atoms with Gasteiger partial charge in [-0.3, -0.25) is 0 Å². The Hall–Kier alpha value is -1.50. The molecule has 1 heteroatoms. The van der Waals surface area contributed by atoms with Crippen LogP contribution < -0.4 is 4.74 Å². The van der Waals surface area contributed by atoms with E-state index in [1.54, 1.807) is 18.2 Å². The van der Waals surface area contributed by atoms with E-state index in [0.29, 0.717) is 5.92 Å². The van der Waals surface area contributed by atoms with Gasteiger partial charge in [-0.15, -0.1) is 0 Å². The summed E-state index contributed by atoms with van der Waals surface area (Å²) in [6.07, 6.45) is 7.86. The van der Waals surface area contributed by atoms with Crippen LogP contribution in [0.4, 0.5) is 0 Å². The molecule has 0 atom stereocenters. The Morgan fingerprint density at radius 2 is 1.71 bits per heavy atom. The quantitative estimate of drug-likeness (QED) is 0.693. The van der Waals surface area contributed by atoms with Crippen LogP contribution in [0.5, 0.6) is 5.75 Å². The average molecular weight is 282 g/mol. The Morgan fingerprint density at radius 1 is 0.952 bits per heavy atom. The van der Waals surface area contributed by atoms with Gasteiger partial charge in [0.1, 0.15) is 5.75 Å². The third kappa shape index (κ3) is 2.79. The van der Waals surface area contributed by atoms with Crippen LogP contribution in [0, 0.1) is 0 Å². The van der Waals surface area contributed by atoms with Gasteiger partial charge in [-0.2, -0.15) is 0 Å². The Kier molecular flexibility index (Phi) is 4.19. The number of ether oxygens (including phenoxy) is 1. The first-order valence-electron chi connectivity index (χ1n) is 8.33. The van der Waals surface area contributed by atoms with Crippen LogP contribution in [0.1, 0.15) is 62.1 Å². The van der Waals surface area contributed by atoms with Gasteiger partial charge in [0, 0.05) is 0 Å². The molecule has 0 spiro atoms. The molecule has 1 nitrogen and oxygen atoms in total. The van der Waals surface area contributed by atoms with Crippen LogP contribution in [-0.4, -0.2) is 7.11 Å². The summed E-state index contributed by atoms with van der Waals surface area (Å²) in [5.74, 6) is 1.54. The monoisotopic (exact) mass is 282 g/mol. The molecule has 3 rings (SSSR count). The molecule has 2 aromatic carbocycles. The fourth-order valence-corrected chi connectivity index (χ4v) is 3.61. The van der Waals surface area contributed by atoms with Crippen molar-refractivity contribution < 1.29 is 4.74 Å². The maximum atomic E-state index is 5.66. The number of aryl methyl sites for hydroxylation is 2. The molecule has 0 unspecified atom stereocenters. The zero-order valence-corrected chi connectivity index (χ0v) is 13.5. The second-order valence-corrected chi connectivity index (χ2v) is 6.59. The van der Waals surface area contributed by atoms with Crippen LogP contribution >= 0.6 is 0 Å². The number of rotatable bonds is 2. The van der Waals surface area contributed by atoms with E-state index in [9.17, 15) is 0 Å². The number of hydrogen-bond acceptors (Lipinski definition) is 1. The van der Waals surface area contributed by atoms with Crippen molar-refractivity contribution in [2.24, 2.45) is 0 Å². The lowest BCUT2D eigenvalue weighted by atomic mass is 9.88. The molecule has 0 saturated heterocycles. The molecule has 1 aliphatic rings. The first kappa shape index (κ1) is 14.4. The fourth-order valence-electron chi connectivity index (χ4n) is 3.61. The zero-order chi connectivity index (χ0) is 14.8. The van der Waals surface area contributed by atoms with Crippen LogP contribution in [0.15, 0.2) is 24.3 Å². The summed E-state index contributed by atoms with van der Waals surface area (Å²) in [5.41, 5.74) is 4.44. The molecule has 0 bridgehead atoms. The van der Waals surface area contributed by atoms with E-state index in [0.717, 1.165) is 5.75 Å². The van der Waals surface area contributed by atoms with Crippen molar-refractivity contribution in [2.45, 2.75) is 58.3 Å². The summed E-state index contributed by atoms with van der Waals surface area (Å²) in [7, 11) is 1.79. The van der Waals surface area contributed by atoms with Crippen molar-refractivity contribution in [1.82, 2.24) is 0 Å². The van der Waals surface area contributed by atoms with Gasteiger partial charge >= 0.3 is 0 Å². The highest BCUT2D eigenvalue weighted by Crippen LogP contribution is 2.35. The number of benzene rings is 2. The van der Waals surface area contributed by atoms with Gasteiger partial charge in [-0.1, -0.05) is 38.8 Å². The Morgan fingerprint density at radius 3 is 2.43 bits per heavy atom. The summed E-state index contributed by atoms with van der Waals surface area (Å²) in [6, 6.07) is 9.28. The summed E-state index contributed by atoms with van der Waals surface area (Å²) < 4.78 is 5.66. The Labute approximate surface area is 128 Å². The minimum Gasteiger partial charge on any atom is -0.496 e. The van der Waals surface area contributed by atoms with Gasteiger partial charge in [0.25, 0.3) is 0 Å². The van der Waals surface area contributed by atoms with E-state index in [1.165, 1.54) is 54.9 Å². The third-order valence-electron chi connectivity index (χ3n) is 4.82. The van der Waals surface area contributed by atoms with Gasteiger partial charge in [-0.25, -0.2) is 0 Å². The maximum Gasteiger partial charge on any atom is 0.122 e. The van der Waals surface area contributed by atoms with Crippen LogP contribution in [0.2, 0.25) is 0 Å². The zero-order valence-electron chi connectivity index (χ0n) is 13.5. The largest absolute Gasteiger partial charge is 0.496 e. The van der Waals surface area contributed by atoms with Crippen molar-refractivity contribution >= 4 is 10.8 Å². The van der Waals surface area contributed by atoms with Crippen LogP contribution in [-0.2, 0) is 12.8 Å². The van der Waals surface area contributed by atoms with Gasteiger partial charge < -0.3 is 4.74 Å². The molecular weight excluding hydrogens is 256 g/mol. The molecule has 21 heavy (non-hydrogen) atoms. The summed E-state index contributed by atoms with van der Waals surface area (Å²) in [6.45, 7) is 4.47. The molecule has 0 radical (unpaired) electrons. The van der Waals surface area contributed by atoms with Crippen molar-refractivity contribution in [2.75, 3.05) is 7.11 Å². The number of hydrogen-bond donors (Lipinski definition) is 0. The molecule has 1 aliphatic carbocycles. The lowest BCUT2D eigenvalue weighted by molar-refractivity contribution is 0.408. The minimum absolute atomic E-state index is 0.492. The van der Waals surface area contributed by atoms with Crippen molar-refractivity contribution in [1.29, 1.82) is 0 Å². The molecule has 112 valence electrons. The number of methoxy groups -OCH3 is 1. The Bertz CT molecular complexity index is 640. The van der Waals surface area contributed by atoms with E-state index >= 15 is 0 Å². The van der Waals surface area contributed by atoms with E-state index in [2.05, 4.69) is 38.1 Å². The van der Waals surface area contributed by atoms with E-state index in [-0.39, 0.29) is 0 Å². The second-order valence-electron chi connectivity index (χ2n) is 6.59. The predicted octanol–water partition coefficient (Wildman–Crippen LogP) is 5.63. The highest BCUT2D eigenvalue weighted by atomic mass is 16.5. The maximum absolute atomic E-state index is 5.66. The fraction of sp³-hybridized carbons (Fsp3) is 0.500. The summed E-state index contributed by atoms with van der Waals surface area (Å²) >= 11 is 0. The van der Waals surface area contributed by atoms with E-state index in [1.807, 2.05) is 0 Å². The third-order valence-corrected chi connectivity index (χ3v) is 4.82. The first-order chi connectivity index (χ1) is 10.2. The van der Waals surface area contributed by atoms with Gasteiger partial charge in [0.05, 0.1) is 7.11 Å². The first-order valence-corrected chi connectivity index (χ1v) is 8.33. The topological polar surface area (TPSA) is 9.23 Å². The summed E-state index contributed by atoms with van der Waals surface area (Å²) in [5, 5.41) is 2.79. The summed E-state index contributed by atoms with van der Waals surface area (Å²) in [4.78, 5) is 0. The van der Waals surface area contributed by atoms with Gasteiger partial charge in [-0.05, 0) is 71.2 Å². The SMILES string of the molecule is COc1cc2c3c(ccc2cc1C(C)C)CCCCCC3. The molecular formula is C20H26O. The van der Waals surface area contributed by atoms with Crippen molar-refractivity contribution in [3.63, 3.8) is 0 Å². The number of fused-ring (bicyclic) bond motifs is 3. The van der Waals surface area contributed by atoms with E-state index < -0.39 is 0 Å². The smallest absolute Gasteiger partial charge is 0.122 e. The molecule has 0 aliphatic heterocycles. The minimum atomic E-state index is 0.492. The second kappa shape index (κ2) is 6.09. The molecule has 0 heterocycles. The molecule has 0 amide bonds. The molecule has 0 fully saturated rings. The Balaban J connectivity index is 2.20. The predicted molar refractivity (Wildman–Crippen MR) is 90.5 cm³/mol. The van der Waals surface area contributed by atoms with Crippen LogP contribution in [0.3, 0.4) is 0 Å². The van der Waals surface area contributed by atoms with Crippen LogP contribution in [0.25, 0.3) is 10.8 Å². The average Bonchev–Trinajstić information content (AvgIpc) is 2.46. The van der Waals surface area contributed by atoms with Crippen molar-refractivity contribution in [3.8, 4) is 5.75 Å². The van der Waals surface area contributed by atoms with Gasteiger partial charge in [0.15, 0.2) is 0 Å². The lowest BCUT2D eigenvalue weighted by Gasteiger charge is -2.19.